The van der Waals surface area contributed by atoms with E-state index >= 15 is 0 Å². The van der Waals surface area contributed by atoms with Crippen LogP contribution in [-0.4, -0.2) is 50.0 Å². The van der Waals surface area contributed by atoms with Crippen molar-refractivity contribution in [3.05, 3.63) is 18.3 Å². The third-order valence-electron chi connectivity index (χ3n) is 2.73. The minimum atomic E-state index is -0.116. The van der Waals surface area contributed by atoms with E-state index in [1.807, 2.05) is 4.90 Å². The zero-order valence-electron chi connectivity index (χ0n) is 11.2. The molecule has 0 bridgehead atoms. The van der Waals surface area contributed by atoms with Gasteiger partial charge in [-0.25, -0.2) is 4.98 Å². The lowest BCUT2D eigenvalue weighted by Crippen LogP contribution is -2.48. The molecule has 2 heterocycles. The molecule has 1 fully saturated rings. The van der Waals surface area contributed by atoms with Crippen LogP contribution in [0, 0.1) is 0 Å². The molecule has 0 radical (unpaired) electrons. The maximum absolute atomic E-state index is 11.4. The molecule has 2 rings (SSSR count). The number of anilines is 2. The van der Waals surface area contributed by atoms with E-state index in [1.54, 1.807) is 25.4 Å². The molecule has 110 valence electrons. The minimum absolute atomic E-state index is 0. The number of carbonyl (C=O) groups excluding carboxylic acids is 2. The standard InChI is InChI=1S/C12H17N5O2.ClH/c1-13-7-11(18)16-9-2-3-10(15-6-9)17-5-4-14-12(19)8-17;/h2-3,6,13H,4-5,7-8H2,1H3,(H,14,19)(H,16,18);1H. The van der Waals surface area contributed by atoms with Gasteiger partial charge in [-0.3, -0.25) is 9.59 Å². The Hall–Kier alpha value is -1.86. The summed E-state index contributed by atoms with van der Waals surface area (Å²) < 4.78 is 0. The van der Waals surface area contributed by atoms with Crippen molar-refractivity contribution < 1.29 is 9.59 Å². The Morgan fingerprint density at radius 1 is 1.50 bits per heavy atom. The van der Waals surface area contributed by atoms with Crippen molar-refractivity contribution in [1.82, 2.24) is 15.6 Å². The van der Waals surface area contributed by atoms with Crippen LogP contribution in [0.15, 0.2) is 18.3 Å². The lowest BCUT2D eigenvalue weighted by atomic mass is 10.3. The van der Waals surface area contributed by atoms with Crippen molar-refractivity contribution in [3.63, 3.8) is 0 Å². The topological polar surface area (TPSA) is 86.4 Å². The highest BCUT2D eigenvalue weighted by atomic mass is 35.5. The quantitative estimate of drug-likeness (QED) is 0.704. The molecule has 1 aromatic rings. The third kappa shape index (κ3) is 4.36. The fourth-order valence-electron chi connectivity index (χ4n) is 1.85. The van der Waals surface area contributed by atoms with E-state index in [0.717, 1.165) is 12.4 Å². The first kappa shape index (κ1) is 16.2. The predicted molar refractivity (Wildman–Crippen MR) is 79.3 cm³/mol. The highest BCUT2D eigenvalue weighted by Gasteiger charge is 2.17. The summed E-state index contributed by atoms with van der Waals surface area (Å²) in [5.74, 6) is 0.621. The van der Waals surface area contributed by atoms with Crippen molar-refractivity contribution in [2.75, 3.05) is 43.4 Å². The van der Waals surface area contributed by atoms with Crippen LogP contribution in [0.5, 0.6) is 0 Å². The van der Waals surface area contributed by atoms with E-state index in [0.29, 0.717) is 18.8 Å². The number of hydrogen-bond donors (Lipinski definition) is 3. The van der Waals surface area contributed by atoms with Gasteiger partial charge >= 0.3 is 0 Å². The van der Waals surface area contributed by atoms with Crippen LogP contribution in [-0.2, 0) is 9.59 Å². The van der Waals surface area contributed by atoms with E-state index in [-0.39, 0.29) is 30.8 Å². The third-order valence-corrected chi connectivity index (χ3v) is 2.73. The zero-order chi connectivity index (χ0) is 13.7. The number of nitrogens with zero attached hydrogens (tertiary/aromatic N) is 2. The minimum Gasteiger partial charge on any atom is -0.353 e. The number of piperazine rings is 1. The molecule has 1 aliphatic heterocycles. The van der Waals surface area contributed by atoms with Crippen LogP contribution in [0.1, 0.15) is 0 Å². The Bertz CT molecular complexity index is 465. The first-order valence-corrected chi connectivity index (χ1v) is 6.11. The second-order valence-corrected chi connectivity index (χ2v) is 4.26. The average Bonchev–Trinajstić information content (AvgIpc) is 2.40. The van der Waals surface area contributed by atoms with Gasteiger partial charge in [-0.15, -0.1) is 12.4 Å². The van der Waals surface area contributed by atoms with Gasteiger partial charge in [-0.05, 0) is 19.2 Å². The Morgan fingerprint density at radius 3 is 2.90 bits per heavy atom. The summed E-state index contributed by atoms with van der Waals surface area (Å²) >= 11 is 0. The Kier molecular flexibility index (Phi) is 6.20. The molecule has 8 heteroatoms. The van der Waals surface area contributed by atoms with Gasteiger partial charge in [0.05, 0.1) is 25.0 Å². The van der Waals surface area contributed by atoms with Gasteiger partial charge in [0, 0.05) is 13.1 Å². The number of likely N-dealkylation sites (N-methyl/N-ethyl adjacent to an activating group) is 1. The summed E-state index contributed by atoms with van der Waals surface area (Å²) in [5, 5.41) is 8.25. The lowest BCUT2D eigenvalue weighted by Gasteiger charge is -2.27. The van der Waals surface area contributed by atoms with Crippen LogP contribution in [0.3, 0.4) is 0 Å². The van der Waals surface area contributed by atoms with Crippen LogP contribution >= 0.6 is 12.4 Å². The van der Waals surface area contributed by atoms with Crippen molar-refractivity contribution >= 4 is 35.7 Å². The molecule has 1 saturated heterocycles. The summed E-state index contributed by atoms with van der Waals surface area (Å²) in [6.07, 6.45) is 1.59. The molecule has 1 aromatic heterocycles. The summed E-state index contributed by atoms with van der Waals surface area (Å²) in [4.78, 5) is 28.8. The van der Waals surface area contributed by atoms with Gasteiger partial charge in [0.2, 0.25) is 11.8 Å². The molecule has 0 spiro atoms. The fourth-order valence-corrected chi connectivity index (χ4v) is 1.85. The summed E-state index contributed by atoms with van der Waals surface area (Å²) in [6, 6.07) is 3.58. The Labute approximate surface area is 123 Å². The molecule has 0 saturated carbocycles. The first-order chi connectivity index (χ1) is 9.19. The highest BCUT2D eigenvalue weighted by Crippen LogP contribution is 2.14. The normalized spacial score (nSPS) is 14.2. The van der Waals surface area contributed by atoms with Crippen molar-refractivity contribution in [2.24, 2.45) is 0 Å². The fraction of sp³-hybridized carbons (Fsp3) is 0.417. The molecule has 20 heavy (non-hydrogen) atoms. The highest BCUT2D eigenvalue weighted by molar-refractivity contribution is 5.92. The van der Waals surface area contributed by atoms with Gasteiger partial charge in [0.25, 0.3) is 0 Å². The summed E-state index contributed by atoms with van der Waals surface area (Å²) in [5.41, 5.74) is 0.644. The largest absolute Gasteiger partial charge is 0.353 e. The number of carbonyl (C=O) groups is 2. The van der Waals surface area contributed by atoms with Gasteiger partial charge in [-0.1, -0.05) is 0 Å². The number of pyridine rings is 1. The van der Waals surface area contributed by atoms with Crippen LogP contribution in [0.25, 0.3) is 0 Å². The summed E-state index contributed by atoms with van der Waals surface area (Å²) in [6.45, 7) is 1.94. The van der Waals surface area contributed by atoms with E-state index in [1.165, 1.54) is 0 Å². The second-order valence-electron chi connectivity index (χ2n) is 4.26. The smallest absolute Gasteiger partial charge is 0.239 e. The SMILES string of the molecule is CNCC(=O)Nc1ccc(N2CCNC(=O)C2)nc1.Cl. The van der Waals surface area contributed by atoms with E-state index in [4.69, 9.17) is 0 Å². The molecule has 2 amide bonds. The lowest BCUT2D eigenvalue weighted by molar-refractivity contribution is -0.120. The van der Waals surface area contributed by atoms with E-state index in [9.17, 15) is 9.59 Å². The average molecular weight is 300 g/mol. The molecule has 7 nitrogen and oxygen atoms in total. The Balaban J connectivity index is 0.00000200. The number of nitrogens with one attached hydrogen (secondary N) is 3. The maximum atomic E-state index is 11.4. The molecule has 0 unspecified atom stereocenters. The van der Waals surface area contributed by atoms with Gasteiger partial charge in [0.1, 0.15) is 5.82 Å². The Morgan fingerprint density at radius 2 is 2.30 bits per heavy atom. The van der Waals surface area contributed by atoms with Gasteiger partial charge in [0.15, 0.2) is 0 Å². The first-order valence-electron chi connectivity index (χ1n) is 6.11. The molecule has 1 aliphatic rings. The van der Waals surface area contributed by atoms with Gasteiger partial charge < -0.3 is 20.9 Å². The van der Waals surface area contributed by atoms with Crippen molar-refractivity contribution in [1.29, 1.82) is 0 Å². The predicted octanol–water partition coefficient (Wildman–Crippen LogP) is -0.402. The molecular weight excluding hydrogens is 282 g/mol. The van der Waals surface area contributed by atoms with E-state index < -0.39 is 0 Å². The number of hydrogen-bond acceptors (Lipinski definition) is 5. The zero-order valence-corrected chi connectivity index (χ0v) is 12.0. The molecule has 0 atom stereocenters. The monoisotopic (exact) mass is 299 g/mol. The van der Waals surface area contributed by atoms with E-state index in [2.05, 4.69) is 20.9 Å². The maximum Gasteiger partial charge on any atom is 0.239 e. The number of halogens is 1. The molecule has 0 aromatic carbocycles. The van der Waals surface area contributed by atoms with Crippen molar-refractivity contribution in [3.8, 4) is 0 Å². The van der Waals surface area contributed by atoms with Crippen LogP contribution in [0.2, 0.25) is 0 Å². The number of amides is 2. The second kappa shape index (κ2) is 7.66. The van der Waals surface area contributed by atoms with Gasteiger partial charge in [-0.2, -0.15) is 0 Å². The van der Waals surface area contributed by atoms with Crippen LogP contribution < -0.4 is 20.9 Å². The summed E-state index contributed by atoms with van der Waals surface area (Å²) in [7, 11) is 1.71. The van der Waals surface area contributed by atoms with Crippen molar-refractivity contribution in [2.45, 2.75) is 0 Å². The number of rotatable bonds is 4. The molecule has 0 aliphatic carbocycles. The number of aromatic nitrogens is 1. The van der Waals surface area contributed by atoms with Crippen LogP contribution in [0.4, 0.5) is 11.5 Å². The molecular formula is C12H18ClN5O2. The molecule has 3 N–H and O–H groups in total.